The van der Waals surface area contributed by atoms with E-state index in [1.165, 1.54) is 0 Å². The molecule has 0 spiro atoms. The van der Waals surface area contributed by atoms with Crippen molar-refractivity contribution >= 4 is 5.97 Å². The number of alkyl halides is 2. The zero-order valence-corrected chi connectivity index (χ0v) is 7.50. The molecule has 94 valence electrons. The summed E-state index contributed by atoms with van der Waals surface area (Å²) in [6.07, 6.45) is 0. The standard InChI is InChI=1S/C8HF7O2/c9-2-1(8(14,15)7(16)17)3(10)5(12)6(13)4(2)11/h(H,16,17). The lowest BCUT2D eigenvalue weighted by molar-refractivity contribution is -0.167. The zero-order valence-electron chi connectivity index (χ0n) is 7.50. The minimum absolute atomic E-state index is 2.65. The first-order chi connectivity index (χ1) is 7.62. The van der Waals surface area contributed by atoms with Crippen LogP contribution in [0.1, 0.15) is 5.56 Å². The molecule has 0 fully saturated rings. The lowest BCUT2D eigenvalue weighted by atomic mass is 10.1. The summed E-state index contributed by atoms with van der Waals surface area (Å²) in [6, 6.07) is 0. The first kappa shape index (κ1) is 13.3. The molecule has 1 aromatic rings. The monoisotopic (exact) mass is 262 g/mol. The maximum Gasteiger partial charge on any atom is 0.379 e. The van der Waals surface area contributed by atoms with E-state index in [9.17, 15) is 35.5 Å². The topological polar surface area (TPSA) is 37.3 Å². The van der Waals surface area contributed by atoms with Crippen molar-refractivity contribution < 1.29 is 40.6 Å². The van der Waals surface area contributed by atoms with Crippen LogP contribution in [0.4, 0.5) is 30.7 Å². The molecule has 0 radical (unpaired) electrons. The maximum absolute atomic E-state index is 12.8. The van der Waals surface area contributed by atoms with Gasteiger partial charge in [-0.1, -0.05) is 0 Å². The number of halogens is 7. The number of carboxylic acid groups (broad SMARTS) is 1. The number of carbonyl (C=O) groups is 1. The van der Waals surface area contributed by atoms with E-state index in [-0.39, 0.29) is 0 Å². The van der Waals surface area contributed by atoms with Gasteiger partial charge in [-0.15, -0.1) is 0 Å². The van der Waals surface area contributed by atoms with E-state index in [4.69, 9.17) is 5.11 Å². The Morgan fingerprint density at radius 2 is 1.12 bits per heavy atom. The smallest absolute Gasteiger partial charge is 0.379 e. The molecule has 17 heavy (non-hydrogen) atoms. The summed E-state index contributed by atoms with van der Waals surface area (Å²) in [5.74, 6) is -22.0. The molecule has 1 rings (SSSR count). The molecule has 0 aromatic heterocycles. The van der Waals surface area contributed by atoms with Crippen molar-refractivity contribution in [1.29, 1.82) is 0 Å². The van der Waals surface area contributed by atoms with Crippen LogP contribution in [0.15, 0.2) is 0 Å². The van der Waals surface area contributed by atoms with Crippen LogP contribution in [0, 0.1) is 29.1 Å². The molecule has 0 amide bonds. The number of aliphatic carboxylic acids is 1. The fraction of sp³-hybridized carbons (Fsp3) is 0.125. The maximum atomic E-state index is 12.8. The average molecular weight is 262 g/mol. The summed E-state index contributed by atoms with van der Waals surface area (Å²) < 4.78 is 88.6. The van der Waals surface area contributed by atoms with Crippen LogP contribution in [0.25, 0.3) is 0 Å². The molecular formula is C8HF7O2. The number of carboxylic acids is 1. The van der Waals surface area contributed by atoms with Crippen LogP contribution in [-0.4, -0.2) is 11.1 Å². The van der Waals surface area contributed by atoms with Gasteiger partial charge in [-0.2, -0.15) is 8.78 Å². The molecule has 9 heteroatoms. The Hall–Kier alpha value is -1.80. The number of benzene rings is 1. The second-order valence-electron chi connectivity index (χ2n) is 2.82. The third-order valence-corrected chi connectivity index (χ3v) is 1.79. The van der Waals surface area contributed by atoms with Gasteiger partial charge in [-0.25, -0.2) is 26.7 Å². The Kier molecular flexibility index (Phi) is 3.04. The highest BCUT2D eigenvalue weighted by Crippen LogP contribution is 2.35. The summed E-state index contributed by atoms with van der Waals surface area (Å²) in [4.78, 5) is 10.0. The van der Waals surface area contributed by atoms with E-state index in [2.05, 4.69) is 0 Å². The Morgan fingerprint density at radius 1 is 0.824 bits per heavy atom. The first-order valence-corrected chi connectivity index (χ1v) is 3.75. The van der Waals surface area contributed by atoms with Crippen LogP contribution >= 0.6 is 0 Å². The number of rotatable bonds is 2. The second kappa shape index (κ2) is 3.90. The molecule has 0 aliphatic carbocycles. The van der Waals surface area contributed by atoms with E-state index in [1.807, 2.05) is 0 Å². The van der Waals surface area contributed by atoms with Crippen molar-refractivity contribution in [3.05, 3.63) is 34.6 Å². The van der Waals surface area contributed by atoms with Crippen LogP contribution in [0.2, 0.25) is 0 Å². The van der Waals surface area contributed by atoms with Gasteiger partial charge < -0.3 is 5.11 Å². The number of hydrogen-bond donors (Lipinski definition) is 1. The molecule has 0 atom stereocenters. The van der Waals surface area contributed by atoms with E-state index < -0.39 is 46.5 Å². The quantitative estimate of drug-likeness (QED) is 0.505. The van der Waals surface area contributed by atoms with Crippen molar-refractivity contribution in [3.8, 4) is 0 Å². The molecule has 0 bridgehead atoms. The summed E-state index contributed by atoms with van der Waals surface area (Å²) in [6.45, 7) is 0. The molecule has 1 aromatic carbocycles. The van der Waals surface area contributed by atoms with Crippen molar-refractivity contribution in [2.24, 2.45) is 0 Å². The van der Waals surface area contributed by atoms with Crippen LogP contribution < -0.4 is 0 Å². The normalized spacial score (nSPS) is 11.7. The van der Waals surface area contributed by atoms with Crippen molar-refractivity contribution in [2.45, 2.75) is 5.92 Å². The van der Waals surface area contributed by atoms with Crippen molar-refractivity contribution in [2.75, 3.05) is 0 Å². The second-order valence-corrected chi connectivity index (χ2v) is 2.82. The van der Waals surface area contributed by atoms with Crippen molar-refractivity contribution in [3.63, 3.8) is 0 Å². The SMILES string of the molecule is O=C(O)C(F)(F)c1c(F)c(F)c(F)c(F)c1F. The molecule has 0 aliphatic heterocycles. The lowest BCUT2D eigenvalue weighted by Crippen LogP contribution is -2.29. The highest BCUT2D eigenvalue weighted by Gasteiger charge is 2.48. The Bertz CT molecular complexity index is 468. The van der Waals surface area contributed by atoms with E-state index in [1.54, 1.807) is 0 Å². The highest BCUT2D eigenvalue weighted by molar-refractivity contribution is 5.77. The van der Waals surface area contributed by atoms with Gasteiger partial charge in [0.2, 0.25) is 5.82 Å². The fourth-order valence-corrected chi connectivity index (χ4v) is 0.987. The van der Waals surface area contributed by atoms with E-state index in [0.29, 0.717) is 0 Å². The first-order valence-electron chi connectivity index (χ1n) is 3.75. The van der Waals surface area contributed by atoms with Gasteiger partial charge in [0.1, 0.15) is 5.56 Å². The summed E-state index contributed by atoms with van der Waals surface area (Å²) in [7, 11) is 0. The third kappa shape index (κ3) is 1.81. The molecule has 0 unspecified atom stereocenters. The molecule has 2 nitrogen and oxygen atoms in total. The lowest BCUT2D eigenvalue weighted by Gasteiger charge is -2.14. The number of hydrogen-bond acceptors (Lipinski definition) is 1. The van der Waals surface area contributed by atoms with Gasteiger partial charge in [0.05, 0.1) is 0 Å². The van der Waals surface area contributed by atoms with E-state index in [0.717, 1.165) is 0 Å². The molecule has 0 heterocycles. The zero-order chi connectivity index (χ0) is 13.5. The Labute approximate surface area is 88.3 Å². The highest BCUT2D eigenvalue weighted by atomic mass is 19.3. The molecule has 1 N–H and O–H groups in total. The van der Waals surface area contributed by atoms with Crippen LogP contribution in [0.3, 0.4) is 0 Å². The van der Waals surface area contributed by atoms with Gasteiger partial charge in [-0.05, 0) is 0 Å². The molecular weight excluding hydrogens is 261 g/mol. The summed E-state index contributed by atoms with van der Waals surface area (Å²) in [5, 5.41) is 7.97. The van der Waals surface area contributed by atoms with Gasteiger partial charge in [0.15, 0.2) is 23.3 Å². The van der Waals surface area contributed by atoms with Gasteiger partial charge in [0.25, 0.3) is 0 Å². The summed E-state index contributed by atoms with van der Waals surface area (Å²) >= 11 is 0. The largest absolute Gasteiger partial charge is 0.477 e. The van der Waals surface area contributed by atoms with Crippen LogP contribution in [0.5, 0.6) is 0 Å². The van der Waals surface area contributed by atoms with Crippen LogP contribution in [-0.2, 0) is 10.7 Å². The van der Waals surface area contributed by atoms with Crippen molar-refractivity contribution in [1.82, 2.24) is 0 Å². The Balaban J connectivity index is 3.72. The predicted molar refractivity (Wildman–Crippen MR) is 37.8 cm³/mol. The predicted octanol–water partition coefficient (Wildman–Crippen LogP) is 2.56. The molecule has 0 aliphatic rings. The van der Waals surface area contributed by atoms with E-state index >= 15 is 0 Å². The Morgan fingerprint density at radius 3 is 1.41 bits per heavy atom. The third-order valence-electron chi connectivity index (χ3n) is 1.79. The summed E-state index contributed by atoms with van der Waals surface area (Å²) in [5.41, 5.74) is -2.69. The minimum atomic E-state index is -5.23. The minimum Gasteiger partial charge on any atom is -0.477 e. The van der Waals surface area contributed by atoms with Gasteiger partial charge in [-0.3, -0.25) is 0 Å². The molecule has 0 saturated carbocycles. The fourth-order valence-electron chi connectivity index (χ4n) is 0.987. The average Bonchev–Trinajstić information content (AvgIpc) is 2.23. The molecule has 0 saturated heterocycles. The van der Waals surface area contributed by atoms with Gasteiger partial charge in [0, 0.05) is 0 Å². The van der Waals surface area contributed by atoms with Gasteiger partial charge >= 0.3 is 11.9 Å².